The number of ether oxygens (including phenoxy) is 1. The molecule has 4 rings (SSSR count). The Morgan fingerprint density at radius 2 is 1.89 bits per heavy atom. The maximum Gasteiger partial charge on any atom is 0.211 e. The number of nitrogens with zero attached hydrogens (tertiary/aromatic N) is 3. The van der Waals surface area contributed by atoms with Crippen LogP contribution < -0.4 is 9.54 Å². The number of rotatable bonds is 6. The van der Waals surface area contributed by atoms with Crippen LogP contribution in [0.1, 0.15) is 12.7 Å². The lowest BCUT2D eigenvalue weighted by atomic mass is 10.3. The van der Waals surface area contributed by atoms with Crippen LogP contribution in [0.4, 0.5) is 5.69 Å². The van der Waals surface area contributed by atoms with E-state index in [-0.39, 0.29) is 0 Å². The zero-order valence-corrected chi connectivity index (χ0v) is 15.4. The van der Waals surface area contributed by atoms with Crippen molar-refractivity contribution in [2.24, 2.45) is 10.1 Å². The molecule has 6 nitrogen and oxygen atoms in total. The second-order valence-electron chi connectivity index (χ2n) is 5.49. The van der Waals surface area contributed by atoms with E-state index in [1.165, 1.54) is 11.3 Å². The van der Waals surface area contributed by atoms with E-state index in [4.69, 9.17) is 18.6 Å². The van der Waals surface area contributed by atoms with Gasteiger partial charge >= 0.3 is 0 Å². The van der Waals surface area contributed by atoms with Crippen LogP contribution in [0.15, 0.2) is 85.4 Å². The summed E-state index contributed by atoms with van der Waals surface area (Å²) in [5.74, 6) is 2.20. The van der Waals surface area contributed by atoms with Crippen molar-refractivity contribution in [1.29, 1.82) is 0 Å². The lowest BCUT2D eigenvalue weighted by Crippen LogP contribution is -2.11. The number of hydrogen-bond acceptors (Lipinski definition) is 6. The van der Waals surface area contributed by atoms with Gasteiger partial charge in [0.15, 0.2) is 5.76 Å². The molecule has 0 saturated carbocycles. The predicted molar refractivity (Wildman–Crippen MR) is 105 cm³/mol. The number of furan rings is 2. The molecule has 0 N–H and O–H groups in total. The summed E-state index contributed by atoms with van der Waals surface area (Å²) in [7, 11) is 0. The maximum atomic E-state index is 5.53. The number of hydrogen-bond donors (Lipinski definition) is 0. The fourth-order valence-electron chi connectivity index (χ4n) is 2.46. The van der Waals surface area contributed by atoms with E-state index >= 15 is 0 Å². The van der Waals surface area contributed by atoms with Gasteiger partial charge in [0, 0.05) is 5.38 Å². The van der Waals surface area contributed by atoms with E-state index in [2.05, 4.69) is 5.10 Å². The van der Waals surface area contributed by atoms with Crippen molar-refractivity contribution in [1.82, 2.24) is 4.68 Å². The Hall–Kier alpha value is -3.32. The molecule has 1 aromatic carbocycles. The molecule has 0 unspecified atom stereocenters. The minimum absolute atomic E-state index is 0.634. The molecule has 0 amide bonds. The van der Waals surface area contributed by atoms with Crippen LogP contribution >= 0.6 is 11.3 Å². The molecule has 0 atom stereocenters. The monoisotopic (exact) mass is 379 g/mol. The van der Waals surface area contributed by atoms with Crippen molar-refractivity contribution in [3.8, 4) is 17.2 Å². The molecule has 4 aromatic rings. The van der Waals surface area contributed by atoms with Crippen LogP contribution in [-0.2, 0) is 0 Å². The highest BCUT2D eigenvalue weighted by Crippen LogP contribution is 2.22. The molecule has 0 aliphatic carbocycles. The third-order valence-electron chi connectivity index (χ3n) is 3.68. The third kappa shape index (κ3) is 3.93. The van der Waals surface area contributed by atoms with E-state index in [1.807, 2.05) is 60.8 Å². The van der Waals surface area contributed by atoms with Crippen molar-refractivity contribution in [3.63, 3.8) is 0 Å². The summed E-state index contributed by atoms with van der Waals surface area (Å²) in [6, 6.07) is 15.0. The normalized spacial score (nSPS) is 12.1. The summed E-state index contributed by atoms with van der Waals surface area (Å²) < 4.78 is 18.1. The van der Waals surface area contributed by atoms with Gasteiger partial charge in [-0.15, -0.1) is 11.3 Å². The minimum atomic E-state index is 0.634. The van der Waals surface area contributed by atoms with Crippen molar-refractivity contribution in [2.45, 2.75) is 6.92 Å². The zero-order valence-electron chi connectivity index (χ0n) is 14.6. The molecule has 0 aliphatic heterocycles. The molecule has 0 bridgehead atoms. The quantitative estimate of drug-likeness (QED) is 0.447. The summed E-state index contributed by atoms with van der Waals surface area (Å²) >= 11 is 1.48. The number of thiazole rings is 1. The van der Waals surface area contributed by atoms with E-state index < -0.39 is 0 Å². The second-order valence-corrected chi connectivity index (χ2v) is 6.33. The molecule has 7 heteroatoms. The van der Waals surface area contributed by atoms with Crippen molar-refractivity contribution in [2.75, 3.05) is 6.61 Å². The van der Waals surface area contributed by atoms with Gasteiger partial charge in [-0.2, -0.15) is 5.10 Å². The molecule has 0 aliphatic rings. The molecule has 27 heavy (non-hydrogen) atoms. The van der Waals surface area contributed by atoms with Crippen molar-refractivity contribution in [3.05, 3.63) is 77.0 Å². The SMILES string of the molecule is CCOc1ccc(N=c2scc(-c3ccco3)n2N=Cc2ccco2)cc1. The lowest BCUT2D eigenvalue weighted by Gasteiger charge is -2.02. The van der Waals surface area contributed by atoms with Gasteiger partial charge < -0.3 is 13.6 Å². The number of benzene rings is 1. The Labute approximate surface area is 159 Å². The molecule has 0 fully saturated rings. The highest BCUT2D eigenvalue weighted by Gasteiger charge is 2.10. The first-order valence-corrected chi connectivity index (χ1v) is 9.31. The fourth-order valence-corrected chi connectivity index (χ4v) is 3.29. The second kappa shape index (κ2) is 7.92. The Morgan fingerprint density at radius 1 is 1.07 bits per heavy atom. The summed E-state index contributed by atoms with van der Waals surface area (Å²) in [6.07, 6.45) is 4.89. The third-order valence-corrected chi connectivity index (χ3v) is 4.49. The Bertz CT molecular complexity index is 1070. The molecule has 0 spiro atoms. The summed E-state index contributed by atoms with van der Waals surface area (Å²) in [6.45, 7) is 2.59. The Morgan fingerprint density at radius 3 is 2.59 bits per heavy atom. The van der Waals surface area contributed by atoms with Gasteiger partial charge in [0.05, 0.1) is 31.0 Å². The lowest BCUT2D eigenvalue weighted by molar-refractivity contribution is 0.340. The van der Waals surface area contributed by atoms with Crippen LogP contribution in [0.5, 0.6) is 5.75 Å². The first-order chi connectivity index (χ1) is 13.3. The van der Waals surface area contributed by atoms with Gasteiger partial charge in [0.25, 0.3) is 0 Å². The summed E-state index contributed by atoms with van der Waals surface area (Å²) in [5, 5.41) is 6.50. The summed E-state index contributed by atoms with van der Waals surface area (Å²) in [5.41, 5.74) is 1.63. The van der Waals surface area contributed by atoms with E-state index in [0.717, 1.165) is 22.9 Å². The van der Waals surface area contributed by atoms with Crippen LogP contribution in [0.2, 0.25) is 0 Å². The standard InChI is InChI=1S/C20H17N3O3S/c1-2-24-16-9-7-15(8-10-16)22-20-23(21-13-17-5-3-11-25-17)18(14-27-20)19-6-4-12-26-19/h3-14H,2H2,1H3. The van der Waals surface area contributed by atoms with Crippen LogP contribution in [0, 0.1) is 0 Å². The van der Waals surface area contributed by atoms with Gasteiger partial charge in [0.1, 0.15) is 17.2 Å². The predicted octanol–water partition coefficient (Wildman–Crippen LogP) is 4.92. The largest absolute Gasteiger partial charge is 0.494 e. The molecule has 3 aromatic heterocycles. The van der Waals surface area contributed by atoms with Crippen LogP contribution in [-0.4, -0.2) is 17.5 Å². The zero-order chi connectivity index (χ0) is 18.5. The first-order valence-electron chi connectivity index (χ1n) is 8.43. The maximum absolute atomic E-state index is 5.53. The average molecular weight is 379 g/mol. The molecule has 0 radical (unpaired) electrons. The smallest absolute Gasteiger partial charge is 0.211 e. The van der Waals surface area contributed by atoms with E-state index in [1.54, 1.807) is 23.4 Å². The molecule has 136 valence electrons. The first kappa shape index (κ1) is 17.1. The number of aromatic nitrogens is 1. The molecule has 3 heterocycles. The van der Waals surface area contributed by atoms with E-state index in [9.17, 15) is 0 Å². The minimum Gasteiger partial charge on any atom is -0.494 e. The molecule has 0 saturated heterocycles. The van der Waals surface area contributed by atoms with Crippen LogP contribution in [0.3, 0.4) is 0 Å². The van der Waals surface area contributed by atoms with Crippen molar-refractivity contribution >= 4 is 23.2 Å². The van der Waals surface area contributed by atoms with Gasteiger partial charge in [0.2, 0.25) is 4.80 Å². The topological polar surface area (TPSA) is 65.2 Å². The Kier molecular flexibility index (Phi) is 5.02. The van der Waals surface area contributed by atoms with Crippen LogP contribution in [0.25, 0.3) is 11.5 Å². The van der Waals surface area contributed by atoms with Gasteiger partial charge in [-0.1, -0.05) is 0 Å². The van der Waals surface area contributed by atoms with Gasteiger partial charge in [-0.05, 0) is 55.5 Å². The fraction of sp³-hybridized carbons (Fsp3) is 0.100. The van der Waals surface area contributed by atoms with Gasteiger partial charge in [-0.25, -0.2) is 9.67 Å². The average Bonchev–Trinajstić information content (AvgIpc) is 3.44. The Balaban J connectivity index is 1.75. The molecular formula is C20H17N3O3S. The molecular weight excluding hydrogens is 362 g/mol. The summed E-state index contributed by atoms with van der Waals surface area (Å²) in [4.78, 5) is 5.43. The highest BCUT2D eigenvalue weighted by molar-refractivity contribution is 7.07. The van der Waals surface area contributed by atoms with Gasteiger partial charge in [-0.3, -0.25) is 0 Å². The van der Waals surface area contributed by atoms with Crippen molar-refractivity contribution < 1.29 is 13.6 Å². The highest BCUT2D eigenvalue weighted by atomic mass is 32.1. The van der Waals surface area contributed by atoms with E-state index in [0.29, 0.717) is 17.2 Å².